The molecule has 0 amide bonds. The molecule has 0 unspecified atom stereocenters. The highest BCUT2D eigenvalue weighted by molar-refractivity contribution is 6.23. The summed E-state index contributed by atoms with van der Waals surface area (Å²) in [5, 5.41) is 0. The average molecular weight is 365 g/mol. The van der Waals surface area contributed by atoms with Crippen LogP contribution in [0, 0.1) is 0 Å². The van der Waals surface area contributed by atoms with E-state index in [1.54, 1.807) is 12.1 Å². The fraction of sp³-hybridized carbons (Fsp3) is 0. The zero-order valence-electron chi connectivity index (χ0n) is 14.7. The highest BCUT2D eigenvalue weighted by Crippen LogP contribution is 2.24. The number of hydrogen-bond acceptors (Lipinski definition) is 5. The lowest BCUT2D eigenvalue weighted by molar-refractivity contribution is 1.23. The number of benzene rings is 2. The van der Waals surface area contributed by atoms with Gasteiger partial charge in [-0.05, 0) is 12.1 Å². The Kier molecular flexibility index (Phi) is 3.58. The van der Waals surface area contributed by atoms with Crippen molar-refractivity contribution in [2.24, 2.45) is 31.4 Å². The molecule has 7 nitrogen and oxygen atoms in total. The Morgan fingerprint density at radius 1 is 0.536 bits per heavy atom. The Morgan fingerprint density at radius 2 is 0.964 bits per heavy atom. The van der Waals surface area contributed by atoms with E-state index < -0.39 is 0 Å². The molecule has 0 atom stereocenters. The summed E-state index contributed by atoms with van der Waals surface area (Å²) in [5.74, 6) is 2.98. The first-order valence-corrected chi connectivity index (χ1v) is 8.71. The number of hydrogen-bond donors (Lipinski definition) is 2. The second-order valence-corrected chi connectivity index (χ2v) is 6.31. The lowest BCUT2D eigenvalue weighted by Gasteiger charge is -2.01. The van der Waals surface area contributed by atoms with Gasteiger partial charge in [-0.2, -0.15) is 0 Å². The monoisotopic (exact) mass is 365 g/mol. The van der Waals surface area contributed by atoms with Crippen LogP contribution in [-0.4, -0.2) is 28.3 Å². The summed E-state index contributed by atoms with van der Waals surface area (Å²) in [7, 11) is 0. The van der Waals surface area contributed by atoms with E-state index in [2.05, 4.69) is 25.0 Å². The molecule has 4 N–H and O–H groups in total. The van der Waals surface area contributed by atoms with Crippen LogP contribution in [0.3, 0.4) is 0 Å². The minimum atomic E-state index is 0.457. The molecular weight excluding hydrogens is 350 g/mol. The third-order valence-electron chi connectivity index (χ3n) is 4.50. The molecule has 1 aromatic heterocycles. The van der Waals surface area contributed by atoms with E-state index in [1.165, 1.54) is 0 Å². The second-order valence-electron chi connectivity index (χ2n) is 6.31. The average Bonchev–Trinajstić information content (AvgIpc) is 3.20. The Morgan fingerprint density at radius 3 is 1.43 bits per heavy atom. The molecule has 0 bridgehead atoms. The topological polar surface area (TPSA) is 114 Å². The zero-order valence-corrected chi connectivity index (χ0v) is 14.7. The van der Waals surface area contributed by atoms with E-state index in [9.17, 15) is 0 Å². The number of nitrogens with zero attached hydrogens (tertiary/aromatic N) is 5. The second kappa shape index (κ2) is 6.24. The SMILES string of the molecule is NC1=NC(=Nc2cccc(N=C3N=C(N)c4ccccc43)n2)c2ccccc21. The maximum Gasteiger partial charge on any atom is 0.164 e. The molecule has 2 aliphatic heterocycles. The van der Waals surface area contributed by atoms with Crippen LogP contribution in [0.25, 0.3) is 0 Å². The van der Waals surface area contributed by atoms with E-state index in [0.29, 0.717) is 35.0 Å². The summed E-state index contributed by atoms with van der Waals surface area (Å²) in [5.41, 5.74) is 15.5. The van der Waals surface area contributed by atoms with Crippen LogP contribution in [0.15, 0.2) is 86.7 Å². The minimum Gasteiger partial charge on any atom is -0.383 e. The normalized spacial score (nSPS) is 17.4. The molecule has 0 aliphatic carbocycles. The predicted molar refractivity (Wildman–Crippen MR) is 111 cm³/mol. The molecule has 0 spiro atoms. The molecule has 7 heteroatoms. The minimum absolute atomic E-state index is 0.457. The van der Waals surface area contributed by atoms with Gasteiger partial charge in [0.15, 0.2) is 23.3 Å². The first kappa shape index (κ1) is 16.1. The maximum absolute atomic E-state index is 5.99. The molecule has 0 radical (unpaired) electrons. The number of rotatable bonds is 2. The van der Waals surface area contributed by atoms with Gasteiger partial charge in [0.25, 0.3) is 0 Å². The molecule has 134 valence electrons. The molecular formula is C21H15N7. The molecule has 0 saturated heterocycles. The third-order valence-corrected chi connectivity index (χ3v) is 4.50. The Balaban J connectivity index is 1.53. The van der Waals surface area contributed by atoms with E-state index in [1.807, 2.05) is 54.6 Å². The van der Waals surface area contributed by atoms with Crippen molar-refractivity contribution in [3.8, 4) is 0 Å². The Labute approximate surface area is 160 Å². The largest absolute Gasteiger partial charge is 0.383 e. The first-order chi connectivity index (χ1) is 13.7. The molecule has 3 heterocycles. The summed E-state index contributed by atoms with van der Waals surface area (Å²) >= 11 is 0. The number of aromatic nitrogens is 1. The Hall–Kier alpha value is -4.13. The molecule has 2 aliphatic rings. The fourth-order valence-corrected chi connectivity index (χ4v) is 3.20. The van der Waals surface area contributed by atoms with Crippen LogP contribution in [0.5, 0.6) is 0 Å². The van der Waals surface area contributed by atoms with E-state index in [4.69, 9.17) is 11.5 Å². The van der Waals surface area contributed by atoms with Crippen molar-refractivity contribution in [3.63, 3.8) is 0 Å². The van der Waals surface area contributed by atoms with Gasteiger partial charge in [-0.25, -0.2) is 25.0 Å². The van der Waals surface area contributed by atoms with Crippen molar-refractivity contribution < 1.29 is 0 Å². The zero-order chi connectivity index (χ0) is 19.1. The number of pyridine rings is 1. The van der Waals surface area contributed by atoms with E-state index in [-0.39, 0.29) is 0 Å². The summed E-state index contributed by atoms with van der Waals surface area (Å²) in [4.78, 5) is 22.3. The van der Waals surface area contributed by atoms with Crippen molar-refractivity contribution in [1.82, 2.24) is 4.98 Å². The molecule has 0 fully saturated rings. The molecule has 28 heavy (non-hydrogen) atoms. The van der Waals surface area contributed by atoms with Crippen LogP contribution in [0.4, 0.5) is 11.6 Å². The van der Waals surface area contributed by atoms with Crippen molar-refractivity contribution in [3.05, 3.63) is 89.0 Å². The smallest absolute Gasteiger partial charge is 0.164 e. The summed E-state index contributed by atoms with van der Waals surface area (Å²) in [6, 6.07) is 20.9. The molecule has 3 aromatic rings. The number of aliphatic imine (C=N–C) groups is 4. The van der Waals surface area contributed by atoms with Gasteiger partial charge in [-0.3, -0.25) is 0 Å². The van der Waals surface area contributed by atoms with Gasteiger partial charge < -0.3 is 11.5 Å². The van der Waals surface area contributed by atoms with Gasteiger partial charge in [-0.15, -0.1) is 0 Å². The fourth-order valence-electron chi connectivity index (χ4n) is 3.20. The predicted octanol–water partition coefficient (Wildman–Crippen LogP) is 2.68. The van der Waals surface area contributed by atoms with Crippen LogP contribution in [0.2, 0.25) is 0 Å². The van der Waals surface area contributed by atoms with Crippen LogP contribution in [0.1, 0.15) is 22.3 Å². The quantitative estimate of drug-likeness (QED) is 0.727. The van der Waals surface area contributed by atoms with Crippen molar-refractivity contribution >= 4 is 35.0 Å². The van der Waals surface area contributed by atoms with Gasteiger partial charge in [0.2, 0.25) is 0 Å². The van der Waals surface area contributed by atoms with Crippen molar-refractivity contribution in [2.75, 3.05) is 0 Å². The van der Waals surface area contributed by atoms with Crippen LogP contribution in [-0.2, 0) is 0 Å². The summed E-state index contributed by atoms with van der Waals surface area (Å²) in [6.07, 6.45) is 0. The van der Waals surface area contributed by atoms with Gasteiger partial charge in [0.1, 0.15) is 11.7 Å². The standard InChI is InChI=1S/C21H15N7/c22-18-12-6-1-3-8-14(12)20(27-18)25-16-10-5-11-17(24-16)26-21-15-9-4-2-7-13(15)19(23)28-21/h1-11H,(H4,22,23,24,25,26,27,28). The number of fused-ring (bicyclic) bond motifs is 2. The van der Waals surface area contributed by atoms with Crippen molar-refractivity contribution in [2.45, 2.75) is 0 Å². The molecule has 2 aromatic carbocycles. The first-order valence-electron chi connectivity index (χ1n) is 8.71. The van der Waals surface area contributed by atoms with Gasteiger partial charge in [0, 0.05) is 22.3 Å². The highest BCUT2D eigenvalue weighted by atomic mass is 15.1. The van der Waals surface area contributed by atoms with Gasteiger partial charge in [-0.1, -0.05) is 54.6 Å². The van der Waals surface area contributed by atoms with Crippen LogP contribution < -0.4 is 11.5 Å². The number of nitrogens with two attached hydrogens (primary N) is 2. The van der Waals surface area contributed by atoms with Crippen molar-refractivity contribution in [1.29, 1.82) is 0 Å². The summed E-state index contributed by atoms with van der Waals surface area (Å²) in [6.45, 7) is 0. The number of amidine groups is 4. The van der Waals surface area contributed by atoms with Gasteiger partial charge >= 0.3 is 0 Å². The third kappa shape index (κ3) is 2.66. The lowest BCUT2D eigenvalue weighted by Crippen LogP contribution is -2.09. The van der Waals surface area contributed by atoms with E-state index in [0.717, 1.165) is 22.3 Å². The molecule has 5 rings (SSSR count). The lowest BCUT2D eigenvalue weighted by atomic mass is 10.1. The maximum atomic E-state index is 5.99. The van der Waals surface area contributed by atoms with Gasteiger partial charge in [0.05, 0.1) is 0 Å². The van der Waals surface area contributed by atoms with E-state index >= 15 is 0 Å². The Bertz CT molecular complexity index is 1140. The van der Waals surface area contributed by atoms with Crippen LogP contribution >= 0.6 is 0 Å². The molecule has 0 saturated carbocycles. The summed E-state index contributed by atoms with van der Waals surface area (Å²) < 4.78 is 0. The highest BCUT2D eigenvalue weighted by Gasteiger charge is 2.20.